The first-order chi connectivity index (χ1) is 18.1. The van der Waals surface area contributed by atoms with Gasteiger partial charge in [-0.1, -0.05) is 11.6 Å². The Morgan fingerprint density at radius 2 is 1.69 bits per heavy atom. The van der Waals surface area contributed by atoms with Gasteiger partial charge in [-0.05, 0) is 63.1 Å². The molecule has 3 N–H and O–H groups in total. The number of pyridine rings is 2. The average molecular weight is 579 g/mol. The molecular weight excluding hydrogens is 552 g/mol. The average Bonchev–Trinajstić information content (AvgIpc) is 3.28. The van der Waals surface area contributed by atoms with Crippen molar-refractivity contribution in [3.8, 4) is 11.3 Å². The molecule has 0 aliphatic heterocycles. The molecule has 3 aromatic rings. The summed E-state index contributed by atoms with van der Waals surface area (Å²) in [5, 5.41) is 25.4. The van der Waals surface area contributed by atoms with E-state index < -0.39 is 33.6 Å². The zero-order chi connectivity index (χ0) is 29.4. The lowest BCUT2D eigenvalue weighted by atomic mass is 10.1. The maximum absolute atomic E-state index is 13.3. The molecule has 0 fully saturated rings. The lowest BCUT2D eigenvalue weighted by Gasteiger charge is -2.33. The molecule has 14 heteroatoms. The van der Waals surface area contributed by atoms with Crippen LogP contribution in [-0.2, 0) is 26.0 Å². The number of nitrogens with zero attached hydrogens (tertiary/aromatic N) is 4. The molecule has 0 aromatic carbocycles. The smallest absolute Gasteiger partial charge is 0.407 e. The second kappa shape index (κ2) is 13.0. The number of hydrogen-bond acceptors (Lipinski definition) is 7. The van der Waals surface area contributed by atoms with Crippen molar-refractivity contribution in [1.29, 1.82) is 0 Å². The topological polar surface area (TPSA) is 180 Å². The van der Waals surface area contributed by atoms with Gasteiger partial charge in [0, 0.05) is 54.6 Å². The Labute approximate surface area is 229 Å². The van der Waals surface area contributed by atoms with E-state index in [0.29, 0.717) is 40.5 Å². The first kappa shape index (κ1) is 31.0. The predicted octanol–water partition coefficient (Wildman–Crippen LogP) is 3.87. The summed E-state index contributed by atoms with van der Waals surface area (Å²) in [6.45, 7) is 5.64. The van der Waals surface area contributed by atoms with Crippen LogP contribution in [-0.4, -0.2) is 72.7 Å². The number of carboxylic acid groups (broad SMARTS) is 3. The lowest BCUT2D eigenvalue weighted by molar-refractivity contribution is -0.134. The van der Waals surface area contributed by atoms with Gasteiger partial charge < -0.3 is 20.2 Å². The van der Waals surface area contributed by atoms with Crippen LogP contribution in [0, 0.1) is 0 Å². The Kier molecular flexibility index (Phi) is 10.3. The van der Waals surface area contributed by atoms with Gasteiger partial charge >= 0.3 is 18.0 Å². The Hall–Kier alpha value is -4.23. The molecule has 0 atom stereocenters. The molecule has 0 saturated heterocycles. The summed E-state index contributed by atoms with van der Waals surface area (Å²) in [6, 6.07) is 8.01. The summed E-state index contributed by atoms with van der Waals surface area (Å²) in [5.74, 6) is -2.51. The molecule has 0 radical (unpaired) electrons. The van der Waals surface area contributed by atoms with Crippen molar-refractivity contribution in [2.75, 3.05) is 6.54 Å². The molecule has 0 unspecified atom stereocenters. The number of halogens is 1. The van der Waals surface area contributed by atoms with E-state index in [-0.39, 0.29) is 11.4 Å². The molecule has 3 aromatic heterocycles. The highest BCUT2D eigenvalue weighted by Gasteiger charge is 2.27. The van der Waals surface area contributed by atoms with Crippen molar-refractivity contribution in [2.24, 2.45) is 0 Å². The first-order valence-corrected chi connectivity index (χ1v) is 13.1. The molecule has 0 bridgehead atoms. The van der Waals surface area contributed by atoms with Crippen LogP contribution >= 0.6 is 11.6 Å². The van der Waals surface area contributed by atoms with Gasteiger partial charge in [0.25, 0.3) is 10.0 Å². The Morgan fingerprint density at radius 1 is 1.05 bits per heavy atom. The summed E-state index contributed by atoms with van der Waals surface area (Å²) < 4.78 is 27.7. The minimum Gasteiger partial charge on any atom is -0.478 e. The zero-order valence-corrected chi connectivity index (χ0v) is 22.8. The molecular formula is C25H27ClN4O8S. The van der Waals surface area contributed by atoms with Crippen LogP contribution in [0.5, 0.6) is 0 Å². The number of hydrogen-bond donors (Lipinski definition) is 3. The van der Waals surface area contributed by atoms with Crippen LogP contribution in [0.3, 0.4) is 0 Å². The van der Waals surface area contributed by atoms with Gasteiger partial charge in [0.15, 0.2) is 0 Å². The molecule has 0 aliphatic rings. The Balaban J connectivity index is 0.000000580. The van der Waals surface area contributed by atoms with Crippen LogP contribution in [0.1, 0.15) is 26.3 Å². The van der Waals surface area contributed by atoms with E-state index in [1.807, 2.05) is 20.8 Å². The highest BCUT2D eigenvalue weighted by atomic mass is 35.5. The normalized spacial score (nSPS) is 11.5. The highest BCUT2D eigenvalue weighted by molar-refractivity contribution is 7.90. The molecule has 3 heterocycles. The van der Waals surface area contributed by atoms with Crippen molar-refractivity contribution in [3.63, 3.8) is 0 Å². The quantitative estimate of drug-likeness (QED) is 0.262. The third-order valence-corrected chi connectivity index (χ3v) is 6.97. The molecule has 0 spiro atoms. The molecule has 208 valence electrons. The van der Waals surface area contributed by atoms with Gasteiger partial charge in [0.2, 0.25) is 0 Å². The van der Waals surface area contributed by atoms with Crippen molar-refractivity contribution in [3.05, 3.63) is 78.0 Å². The number of amides is 1. The molecule has 0 aliphatic carbocycles. The summed E-state index contributed by atoms with van der Waals surface area (Å²) in [7, 11) is -3.93. The van der Waals surface area contributed by atoms with Crippen LogP contribution in [0.25, 0.3) is 11.3 Å². The van der Waals surface area contributed by atoms with E-state index in [9.17, 15) is 27.9 Å². The van der Waals surface area contributed by atoms with E-state index in [4.69, 9.17) is 21.8 Å². The number of aromatic nitrogens is 3. The minimum absolute atomic E-state index is 0.0437. The number of rotatable bonds is 8. The fraction of sp³-hybridized carbons (Fsp3) is 0.240. The van der Waals surface area contributed by atoms with Crippen molar-refractivity contribution >= 4 is 39.7 Å². The monoisotopic (exact) mass is 578 g/mol. The summed E-state index contributed by atoms with van der Waals surface area (Å²) in [4.78, 5) is 40.1. The van der Waals surface area contributed by atoms with Crippen LogP contribution in [0.4, 0.5) is 4.79 Å². The number of carboxylic acids is 2. The third kappa shape index (κ3) is 8.93. The van der Waals surface area contributed by atoms with Crippen molar-refractivity contribution in [2.45, 2.75) is 37.6 Å². The SMILES string of the molecule is CC(C)(C)N(CCc1cc(-c2ccc(Cl)nc2)n(S(=O)(=O)c2cccnc2)c1)C(=O)O.O=C(O)/C=C/C(=O)O. The van der Waals surface area contributed by atoms with Crippen molar-refractivity contribution < 1.29 is 38.1 Å². The minimum atomic E-state index is -3.93. The molecule has 12 nitrogen and oxygen atoms in total. The molecule has 39 heavy (non-hydrogen) atoms. The van der Waals surface area contributed by atoms with Gasteiger partial charge in [-0.2, -0.15) is 0 Å². The predicted molar refractivity (Wildman–Crippen MR) is 142 cm³/mol. The molecule has 1 amide bonds. The molecule has 3 rings (SSSR count). The van der Waals surface area contributed by atoms with Gasteiger partial charge in [0.1, 0.15) is 10.0 Å². The van der Waals surface area contributed by atoms with Gasteiger partial charge in [-0.15, -0.1) is 0 Å². The number of carbonyl (C=O) groups is 3. The fourth-order valence-corrected chi connectivity index (χ4v) is 4.76. The van der Waals surface area contributed by atoms with Crippen molar-refractivity contribution in [1.82, 2.24) is 18.8 Å². The lowest BCUT2D eigenvalue weighted by Crippen LogP contribution is -2.45. The standard InChI is InChI=1S/C21H23ClN4O4S.C4H4O4/c1-21(2,3)25(20(27)28)10-8-15-11-18(16-6-7-19(22)24-12-16)26(14-15)31(29,30)17-5-4-9-23-13-17;5-3(6)1-2-4(7)8/h4-7,9,11-14H,8,10H2,1-3H3,(H,27,28);1-2H,(H,5,6)(H,7,8)/b;2-1+. The first-order valence-electron chi connectivity index (χ1n) is 11.3. The zero-order valence-electron chi connectivity index (χ0n) is 21.2. The van der Waals surface area contributed by atoms with Gasteiger partial charge in [-0.25, -0.2) is 31.8 Å². The third-order valence-electron chi connectivity index (χ3n) is 5.09. The maximum Gasteiger partial charge on any atom is 0.407 e. The van der Waals surface area contributed by atoms with Gasteiger partial charge in [0.05, 0.1) is 5.69 Å². The molecule has 0 saturated carbocycles. The van der Waals surface area contributed by atoms with E-state index in [1.165, 1.54) is 39.7 Å². The summed E-state index contributed by atoms with van der Waals surface area (Å²) >= 11 is 5.88. The van der Waals surface area contributed by atoms with E-state index in [2.05, 4.69) is 9.97 Å². The van der Waals surface area contributed by atoms with Crippen LogP contribution in [0.2, 0.25) is 5.15 Å². The van der Waals surface area contributed by atoms with Crippen LogP contribution < -0.4 is 0 Å². The second-order valence-electron chi connectivity index (χ2n) is 8.96. The Morgan fingerprint density at radius 3 is 2.15 bits per heavy atom. The second-order valence-corrected chi connectivity index (χ2v) is 11.2. The number of aliphatic carboxylic acids is 2. The fourth-order valence-electron chi connectivity index (χ4n) is 3.28. The van der Waals surface area contributed by atoms with E-state index >= 15 is 0 Å². The summed E-state index contributed by atoms with van der Waals surface area (Å²) in [5.41, 5.74) is 1.06. The summed E-state index contributed by atoms with van der Waals surface area (Å²) in [6.07, 6.45) is 6.21. The Bertz CT molecular complexity index is 1430. The largest absolute Gasteiger partial charge is 0.478 e. The van der Waals surface area contributed by atoms with E-state index in [1.54, 1.807) is 24.3 Å². The van der Waals surface area contributed by atoms with Crippen LogP contribution in [0.15, 0.2) is 72.2 Å². The highest BCUT2D eigenvalue weighted by Crippen LogP contribution is 2.28. The van der Waals surface area contributed by atoms with E-state index in [0.717, 1.165) is 0 Å². The van der Waals surface area contributed by atoms with Gasteiger partial charge in [-0.3, -0.25) is 4.98 Å². The maximum atomic E-state index is 13.3.